The average Bonchev–Trinajstić information content (AvgIpc) is 2.18. The molecule has 0 saturated carbocycles. The third kappa shape index (κ3) is 3.60. The van der Waals surface area contributed by atoms with E-state index in [0.29, 0.717) is 0 Å². The van der Waals surface area contributed by atoms with Crippen molar-refractivity contribution >= 4 is 0 Å². The van der Waals surface area contributed by atoms with Crippen LogP contribution in [0.4, 0.5) is 4.39 Å². The molecule has 0 aliphatic heterocycles. The number of hydrogen-bond donors (Lipinski definition) is 0. The number of aryl methyl sites for hydroxylation is 1. The molecule has 14 heavy (non-hydrogen) atoms. The van der Waals surface area contributed by atoms with Crippen molar-refractivity contribution < 1.29 is 9.13 Å². The largest absolute Gasteiger partial charge is 0.497 e. The van der Waals surface area contributed by atoms with E-state index in [1.165, 1.54) is 12.5 Å². The molecule has 76 valence electrons. The first-order chi connectivity index (χ1) is 6.72. The number of ether oxygens (including phenoxy) is 1. The summed E-state index contributed by atoms with van der Waals surface area (Å²) in [6, 6.07) is 7.84. The summed E-state index contributed by atoms with van der Waals surface area (Å²) in [5.74, 6) is 0.733. The lowest BCUT2D eigenvalue weighted by Gasteiger charge is -2.02. The molecular weight excluding hydrogens is 179 g/mol. The Morgan fingerprint density at radius 3 is 2.93 bits per heavy atom. The topological polar surface area (TPSA) is 9.23 Å². The molecule has 1 nitrogen and oxygen atoms in total. The van der Waals surface area contributed by atoms with Crippen LogP contribution in [0.25, 0.3) is 0 Å². The second-order valence-corrected chi connectivity index (χ2v) is 3.18. The average molecular weight is 194 g/mol. The van der Waals surface area contributed by atoms with Crippen LogP contribution in [0.3, 0.4) is 0 Å². The first-order valence-corrected chi connectivity index (χ1v) is 4.67. The zero-order valence-electron chi connectivity index (χ0n) is 8.59. The summed E-state index contributed by atoms with van der Waals surface area (Å²) in [4.78, 5) is 0. The lowest BCUT2D eigenvalue weighted by atomic mass is 10.1. The molecule has 0 saturated heterocycles. The van der Waals surface area contributed by atoms with Crippen LogP contribution in [-0.2, 0) is 6.42 Å². The van der Waals surface area contributed by atoms with Crippen molar-refractivity contribution in [2.24, 2.45) is 0 Å². The van der Waals surface area contributed by atoms with Crippen LogP contribution < -0.4 is 4.74 Å². The van der Waals surface area contributed by atoms with Gasteiger partial charge >= 0.3 is 0 Å². The quantitative estimate of drug-likeness (QED) is 0.712. The maximum atomic E-state index is 12.4. The highest BCUT2D eigenvalue weighted by Gasteiger charge is 1.94. The van der Waals surface area contributed by atoms with E-state index in [9.17, 15) is 4.39 Å². The molecule has 0 amide bonds. The molecule has 2 heteroatoms. The molecule has 0 radical (unpaired) electrons. The fourth-order valence-electron chi connectivity index (χ4n) is 1.27. The molecule has 1 aromatic rings. The van der Waals surface area contributed by atoms with Crippen LogP contribution >= 0.6 is 0 Å². The number of methoxy groups -OCH3 is 1. The van der Waals surface area contributed by atoms with E-state index >= 15 is 0 Å². The lowest BCUT2D eigenvalue weighted by molar-refractivity contribution is 0.414. The normalized spacial score (nSPS) is 11.5. The van der Waals surface area contributed by atoms with Crippen molar-refractivity contribution in [3.05, 3.63) is 41.7 Å². The van der Waals surface area contributed by atoms with Crippen molar-refractivity contribution in [1.82, 2.24) is 0 Å². The summed E-state index contributed by atoms with van der Waals surface area (Å²) in [6.07, 6.45) is 3.17. The molecule has 0 unspecified atom stereocenters. The predicted octanol–water partition coefficient (Wildman–Crippen LogP) is 3.50. The molecule has 0 fully saturated rings. The molecule has 0 bridgehead atoms. The first kappa shape index (κ1) is 10.8. The fraction of sp³-hybridized carbons (Fsp3) is 0.333. The van der Waals surface area contributed by atoms with Crippen molar-refractivity contribution in [3.8, 4) is 5.75 Å². The van der Waals surface area contributed by atoms with Gasteiger partial charge < -0.3 is 4.74 Å². The van der Waals surface area contributed by atoms with Gasteiger partial charge in [-0.3, -0.25) is 0 Å². The van der Waals surface area contributed by atoms with Crippen molar-refractivity contribution in [2.45, 2.75) is 19.8 Å². The second-order valence-electron chi connectivity index (χ2n) is 3.18. The summed E-state index contributed by atoms with van der Waals surface area (Å²) in [5, 5.41) is 0. The van der Waals surface area contributed by atoms with Gasteiger partial charge in [-0.1, -0.05) is 18.2 Å². The van der Waals surface area contributed by atoms with Gasteiger partial charge in [0.05, 0.1) is 12.9 Å². The van der Waals surface area contributed by atoms with E-state index in [1.54, 1.807) is 13.2 Å². The van der Waals surface area contributed by atoms with Gasteiger partial charge in [0.25, 0.3) is 0 Å². The Bertz CT molecular complexity index is 314. The van der Waals surface area contributed by atoms with E-state index in [4.69, 9.17) is 4.74 Å². The third-order valence-corrected chi connectivity index (χ3v) is 1.99. The molecular formula is C12H15FO. The summed E-state index contributed by atoms with van der Waals surface area (Å²) >= 11 is 0. The maximum absolute atomic E-state index is 12.4. The van der Waals surface area contributed by atoms with Crippen LogP contribution in [0.15, 0.2) is 36.2 Å². The molecule has 0 N–H and O–H groups in total. The monoisotopic (exact) mass is 194 g/mol. The number of hydrogen-bond acceptors (Lipinski definition) is 1. The van der Waals surface area contributed by atoms with E-state index in [0.717, 1.165) is 18.6 Å². The Morgan fingerprint density at radius 2 is 2.29 bits per heavy atom. The smallest absolute Gasteiger partial charge is 0.119 e. The van der Waals surface area contributed by atoms with Crippen molar-refractivity contribution in [2.75, 3.05) is 7.11 Å². The highest BCUT2D eigenvalue weighted by molar-refractivity contribution is 5.28. The molecule has 1 rings (SSSR count). The molecule has 0 heterocycles. The van der Waals surface area contributed by atoms with Crippen molar-refractivity contribution in [3.63, 3.8) is 0 Å². The molecule has 0 aliphatic carbocycles. The van der Waals surface area contributed by atoms with Gasteiger partial charge in [0.2, 0.25) is 0 Å². The molecule has 0 aromatic heterocycles. The van der Waals surface area contributed by atoms with Crippen LogP contribution in [0.1, 0.15) is 18.9 Å². The molecule has 0 spiro atoms. The highest BCUT2D eigenvalue weighted by Crippen LogP contribution is 2.14. The van der Waals surface area contributed by atoms with Crippen LogP contribution in [0.5, 0.6) is 5.75 Å². The number of halogens is 1. The summed E-state index contributed by atoms with van der Waals surface area (Å²) in [7, 11) is 1.64. The van der Waals surface area contributed by atoms with Crippen molar-refractivity contribution in [1.29, 1.82) is 0 Å². The zero-order valence-corrected chi connectivity index (χ0v) is 8.59. The SMILES string of the molecule is COc1cccc(CC/C=C(/C)F)c1. The van der Waals surface area contributed by atoms with E-state index in [2.05, 4.69) is 0 Å². The lowest BCUT2D eigenvalue weighted by Crippen LogP contribution is -1.86. The second kappa shape index (κ2) is 5.43. The minimum atomic E-state index is -0.118. The number of allylic oxidation sites excluding steroid dienone is 2. The highest BCUT2D eigenvalue weighted by atomic mass is 19.1. The van der Waals surface area contributed by atoms with Gasteiger partial charge in [-0.25, -0.2) is 4.39 Å². The Kier molecular flexibility index (Phi) is 4.17. The Balaban J connectivity index is 2.54. The Hall–Kier alpha value is -1.31. The molecule has 0 aliphatic rings. The van der Waals surface area contributed by atoms with Gasteiger partial charge in [-0.2, -0.15) is 0 Å². The zero-order chi connectivity index (χ0) is 10.4. The van der Waals surface area contributed by atoms with Crippen LogP contribution in [0.2, 0.25) is 0 Å². The van der Waals surface area contributed by atoms with E-state index in [-0.39, 0.29) is 5.83 Å². The minimum absolute atomic E-state index is 0.118. The maximum Gasteiger partial charge on any atom is 0.119 e. The Morgan fingerprint density at radius 1 is 1.50 bits per heavy atom. The summed E-state index contributed by atoms with van der Waals surface area (Å²) < 4.78 is 17.5. The van der Waals surface area contributed by atoms with Gasteiger partial charge in [0.15, 0.2) is 0 Å². The van der Waals surface area contributed by atoms with Crippen LogP contribution in [0, 0.1) is 0 Å². The Labute approximate surface area is 84.2 Å². The number of rotatable bonds is 4. The van der Waals surface area contributed by atoms with Gasteiger partial charge in [-0.15, -0.1) is 0 Å². The van der Waals surface area contributed by atoms with Gasteiger partial charge in [-0.05, 0) is 37.5 Å². The van der Waals surface area contributed by atoms with E-state index < -0.39 is 0 Å². The molecule has 1 aromatic carbocycles. The molecule has 0 atom stereocenters. The van der Waals surface area contributed by atoms with Gasteiger partial charge in [0, 0.05) is 0 Å². The van der Waals surface area contributed by atoms with E-state index in [1.807, 2.05) is 24.3 Å². The number of benzene rings is 1. The standard InChI is InChI=1S/C12H15FO/c1-10(13)5-3-6-11-7-4-8-12(9-11)14-2/h4-5,7-9H,3,6H2,1-2H3/b10-5-. The third-order valence-electron chi connectivity index (χ3n) is 1.99. The fourth-order valence-corrected chi connectivity index (χ4v) is 1.27. The van der Waals surface area contributed by atoms with Crippen LogP contribution in [-0.4, -0.2) is 7.11 Å². The summed E-state index contributed by atoms with van der Waals surface area (Å²) in [5.41, 5.74) is 1.17. The minimum Gasteiger partial charge on any atom is -0.497 e. The van der Waals surface area contributed by atoms with Gasteiger partial charge in [0.1, 0.15) is 5.75 Å². The first-order valence-electron chi connectivity index (χ1n) is 4.67. The summed E-state index contributed by atoms with van der Waals surface area (Å²) in [6.45, 7) is 1.46. The predicted molar refractivity (Wildman–Crippen MR) is 56.2 cm³/mol.